The third kappa shape index (κ3) is 3.88. The Labute approximate surface area is 96.0 Å². The van der Waals surface area contributed by atoms with Crippen molar-refractivity contribution in [2.75, 3.05) is 0 Å². The highest BCUT2D eigenvalue weighted by Crippen LogP contribution is 2.26. The Morgan fingerprint density at radius 2 is 1.87 bits per heavy atom. The molecule has 0 atom stereocenters. The molecule has 0 saturated carbocycles. The van der Waals surface area contributed by atoms with Crippen molar-refractivity contribution in [2.45, 2.75) is 34.6 Å². The number of aryl methyl sites for hydroxylation is 1. The first-order valence-corrected chi connectivity index (χ1v) is 6.20. The highest BCUT2D eigenvalue weighted by molar-refractivity contribution is 7.13. The average molecular weight is 225 g/mol. The number of hydrogen-bond acceptors (Lipinski definition) is 3. The third-order valence-electron chi connectivity index (χ3n) is 1.49. The maximum Gasteiger partial charge on any atom is 0.181 e. The Kier molecular flexibility index (Phi) is 7.64. The largest absolute Gasteiger partial charge is 0.442 e. The lowest BCUT2D eigenvalue weighted by Gasteiger charge is -1.88. The number of aromatic nitrogens is 1. The first-order valence-electron chi connectivity index (χ1n) is 5.32. The predicted molar refractivity (Wildman–Crippen MR) is 67.2 cm³/mol. The Morgan fingerprint density at radius 1 is 1.20 bits per heavy atom. The number of nitrogens with zero attached hydrogens (tertiary/aromatic N) is 1. The minimum Gasteiger partial charge on any atom is -0.442 e. The molecule has 0 unspecified atom stereocenters. The van der Waals surface area contributed by atoms with Crippen molar-refractivity contribution < 1.29 is 4.42 Å². The lowest BCUT2D eigenvalue weighted by atomic mass is 10.3. The van der Waals surface area contributed by atoms with Gasteiger partial charge in [-0.15, -0.1) is 11.3 Å². The van der Waals surface area contributed by atoms with Crippen molar-refractivity contribution in [2.24, 2.45) is 0 Å². The van der Waals surface area contributed by atoms with Gasteiger partial charge in [-0.25, -0.2) is 4.98 Å². The normalized spacial score (nSPS) is 8.33. The zero-order chi connectivity index (χ0) is 11.7. The molecular weight excluding hydrogens is 206 g/mol. The molecule has 0 saturated heterocycles. The fourth-order valence-electron chi connectivity index (χ4n) is 0.946. The molecule has 2 aromatic heterocycles. The van der Waals surface area contributed by atoms with Gasteiger partial charge in [0.2, 0.25) is 0 Å². The second kappa shape index (κ2) is 8.24. The van der Waals surface area contributed by atoms with E-state index in [1.165, 1.54) is 6.39 Å². The van der Waals surface area contributed by atoms with E-state index < -0.39 is 0 Å². The molecule has 0 amide bonds. The van der Waals surface area contributed by atoms with E-state index in [1.807, 2.05) is 52.1 Å². The Hall–Kier alpha value is -1.09. The van der Waals surface area contributed by atoms with Gasteiger partial charge in [0.15, 0.2) is 12.2 Å². The van der Waals surface area contributed by atoms with Gasteiger partial charge in [-0.3, -0.25) is 0 Å². The maximum absolute atomic E-state index is 5.21. The Morgan fingerprint density at radius 3 is 2.27 bits per heavy atom. The maximum atomic E-state index is 5.21. The topological polar surface area (TPSA) is 26.0 Å². The second-order valence-corrected chi connectivity index (χ2v) is 3.19. The molecule has 0 radical (unpaired) electrons. The van der Waals surface area contributed by atoms with Gasteiger partial charge in [0.05, 0.1) is 10.6 Å². The summed E-state index contributed by atoms with van der Waals surface area (Å²) in [6.07, 6.45) is 1.48. The van der Waals surface area contributed by atoms with E-state index in [0.717, 1.165) is 16.3 Å². The van der Waals surface area contributed by atoms with Crippen molar-refractivity contribution in [3.63, 3.8) is 0 Å². The molecule has 15 heavy (non-hydrogen) atoms. The van der Waals surface area contributed by atoms with Gasteiger partial charge in [-0.05, 0) is 18.4 Å². The monoisotopic (exact) mass is 225 g/mol. The Bertz CT molecular complexity index is 338. The summed E-state index contributed by atoms with van der Waals surface area (Å²) < 4.78 is 5.21. The summed E-state index contributed by atoms with van der Waals surface area (Å²) in [6.45, 7) is 9.94. The van der Waals surface area contributed by atoms with Crippen LogP contribution in [0.4, 0.5) is 0 Å². The van der Waals surface area contributed by atoms with Gasteiger partial charge < -0.3 is 4.42 Å². The van der Waals surface area contributed by atoms with Crippen LogP contribution in [0.3, 0.4) is 0 Å². The highest BCUT2D eigenvalue weighted by atomic mass is 32.1. The summed E-state index contributed by atoms with van der Waals surface area (Å²) in [5, 5.41) is 2.03. The Balaban J connectivity index is 0.000000442. The van der Waals surface area contributed by atoms with Crippen LogP contribution in [-0.4, -0.2) is 4.98 Å². The fourth-order valence-corrected chi connectivity index (χ4v) is 1.71. The van der Waals surface area contributed by atoms with Gasteiger partial charge in [0, 0.05) is 0 Å². The summed E-state index contributed by atoms with van der Waals surface area (Å²) in [5.41, 5.74) is 0.951. The zero-order valence-electron chi connectivity index (χ0n) is 10.1. The lowest BCUT2D eigenvalue weighted by Crippen LogP contribution is -1.71. The van der Waals surface area contributed by atoms with Crippen LogP contribution in [0, 0.1) is 6.92 Å². The van der Waals surface area contributed by atoms with Gasteiger partial charge in [0.1, 0.15) is 0 Å². The molecule has 0 spiro atoms. The first-order chi connectivity index (χ1) is 7.38. The molecule has 0 aliphatic heterocycles. The molecule has 84 valence electrons. The molecule has 3 heteroatoms. The highest BCUT2D eigenvalue weighted by Gasteiger charge is 2.05. The summed E-state index contributed by atoms with van der Waals surface area (Å²) in [4.78, 5) is 5.15. The minimum atomic E-state index is 0.889. The fraction of sp³-hybridized carbons (Fsp3) is 0.417. The van der Waals surface area contributed by atoms with E-state index in [0.29, 0.717) is 0 Å². The number of rotatable bonds is 1. The van der Waals surface area contributed by atoms with Crippen LogP contribution >= 0.6 is 11.3 Å². The van der Waals surface area contributed by atoms with Crippen LogP contribution in [0.5, 0.6) is 0 Å². The molecule has 0 bridgehead atoms. The summed E-state index contributed by atoms with van der Waals surface area (Å²) in [6, 6.07) is 4.03. The number of thiophene rings is 1. The van der Waals surface area contributed by atoms with Crippen molar-refractivity contribution >= 4 is 11.3 Å². The number of hydrogen-bond donors (Lipinski definition) is 0. The molecule has 0 aliphatic carbocycles. The second-order valence-electron chi connectivity index (χ2n) is 2.24. The van der Waals surface area contributed by atoms with E-state index in [1.54, 1.807) is 11.3 Å². The molecule has 2 nitrogen and oxygen atoms in total. The molecule has 0 aliphatic rings. The zero-order valence-corrected chi connectivity index (χ0v) is 10.9. The minimum absolute atomic E-state index is 0.889. The quantitative estimate of drug-likeness (QED) is 0.699. The van der Waals surface area contributed by atoms with Crippen LogP contribution in [0.2, 0.25) is 0 Å². The van der Waals surface area contributed by atoms with Gasteiger partial charge in [-0.2, -0.15) is 0 Å². The van der Waals surface area contributed by atoms with E-state index in [9.17, 15) is 0 Å². The smallest absolute Gasteiger partial charge is 0.181 e. The SMILES string of the molecule is CC.CC.Cc1ncoc1-c1cccs1. The van der Waals surface area contributed by atoms with E-state index in [2.05, 4.69) is 4.98 Å². The lowest BCUT2D eigenvalue weighted by molar-refractivity contribution is 0.572. The molecule has 0 aromatic carbocycles. The summed E-state index contributed by atoms with van der Waals surface area (Å²) in [7, 11) is 0. The predicted octanol–water partition coefficient (Wildman–Crippen LogP) is 4.76. The van der Waals surface area contributed by atoms with E-state index in [-0.39, 0.29) is 0 Å². The summed E-state index contributed by atoms with van der Waals surface area (Å²) >= 11 is 1.66. The van der Waals surface area contributed by atoms with Crippen LogP contribution in [0.25, 0.3) is 10.6 Å². The third-order valence-corrected chi connectivity index (χ3v) is 2.36. The van der Waals surface area contributed by atoms with Crippen molar-refractivity contribution in [3.8, 4) is 10.6 Å². The van der Waals surface area contributed by atoms with Crippen LogP contribution in [0.1, 0.15) is 33.4 Å². The van der Waals surface area contributed by atoms with Crippen molar-refractivity contribution in [1.29, 1.82) is 0 Å². The average Bonchev–Trinajstić information content (AvgIpc) is 2.94. The first kappa shape index (κ1) is 13.9. The van der Waals surface area contributed by atoms with E-state index >= 15 is 0 Å². The summed E-state index contributed by atoms with van der Waals surface area (Å²) in [5.74, 6) is 0.889. The van der Waals surface area contributed by atoms with Crippen LogP contribution in [0.15, 0.2) is 28.3 Å². The molecular formula is C12H19NOS. The van der Waals surface area contributed by atoms with E-state index in [4.69, 9.17) is 4.42 Å². The van der Waals surface area contributed by atoms with Gasteiger partial charge >= 0.3 is 0 Å². The van der Waals surface area contributed by atoms with Crippen LogP contribution in [-0.2, 0) is 0 Å². The molecule has 0 fully saturated rings. The van der Waals surface area contributed by atoms with Crippen LogP contribution < -0.4 is 0 Å². The molecule has 2 aromatic rings. The number of oxazole rings is 1. The molecule has 2 heterocycles. The van der Waals surface area contributed by atoms with Gasteiger partial charge in [0.25, 0.3) is 0 Å². The van der Waals surface area contributed by atoms with Gasteiger partial charge in [-0.1, -0.05) is 33.8 Å². The molecule has 2 rings (SSSR count). The van der Waals surface area contributed by atoms with Crippen molar-refractivity contribution in [1.82, 2.24) is 4.98 Å². The van der Waals surface area contributed by atoms with Crippen molar-refractivity contribution in [3.05, 3.63) is 29.6 Å². The molecule has 0 N–H and O–H groups in total. The standard InChI is InChI=1S/C8H7NOS.2C2H6/c1-6-8(10-5-9-6)7-3-2-4-11-7;2*1-2/h2-5H,1H3;2*1-2H3.